The third-order valence-corrected chi connectivity index (χ3v) is 14.1. The molecule has 0 spiro atoms. The van der Waals surface area contributed by atoms with E-state index in [-0.39, 0.29) is 33.5 Å². The molecule has 0 unspecified atom stereocenters. The van der Waals surface area contributed by atoms with Gasteiger partial charge in [-0.25, -0.2) is 0 Å². The fraction of sp³-hybridized carbons (Fsp3) is 0.0303. The molecule has 6 aromatic carbocycles. The molecule has 0 saturated carbocycles. The van der Waals surface area contributed by atoms with Gasteiger partial charge in [0.2, 0.25) is 0 Å². The normalized spacial score (nSPS) is 12.3. The van der Waals surface area contributed by atoms with Crippen LogP contribution in [0.4, 0.5) is 51.2 Å². The standard InChI is InChI=1S/C16H14N4O10S3.C10H11N3O7S2.C6H6N2O5S.CH5N/c17-7-1-4-11(12(5-7)31(22,23)24)19-20-14-13(32(25,26)27)6-9-8(15(14)21)2-3-10(18)16(9)33(28,29)30;11-4-2-5(21(15,16)17)3-1-6(22(18,19)20)9(13)10(14)7(3)8(4)12;7-5-2-1-4(14(11,12)13)3-6(5)8(9)10;1-2/h1-6,21H,17-18H2,(H,22,23,24)(H,25,26,27)(H,28,29,30);1-2,14H,11-13H2,(H,15,16,17)(H,18,19,20);1-3H,7H2,(H,11,12,13);2H2,1H3. The quantitative estimate of drug-likeness (QED) is 0.0244. The van der Waals surface area contributed by atoms with E-state index in [1.54, 1.807) is 0 Å². The number of anilines is 6. The molecule has 71 heavy (non-hydrogen) atoms. The number of nitro groups is 1. The summed E-state index contributed by atoms with van der Waals surface area (Å²) in [7, 11) is -27.7. The van der Waals surface area contributed by atoms with Crippen LogP contribution < -0.4 is 40.1 Å². The van der Waals surface area contributed by atoms with Gasteiger partial charge in [0, 0.05) is 27.9 Å². The fourth-order valence-corrected chi connectivity index (χ4v) is 9.73. The highest BCUT2D eigenvalue weighted by atomic mass is 32.2. The van der Waals surface area contributed by atoms with E-state index in [9.17, 15) is 89.0 Å². The first kappa shape index (κ1) is 58.0. The summed E-state index contributed by atoms with van der Waals surface area (Å²) in [6, 6.07) is 9.88. The second kappa shape index (κ2) is 20.6. The summed E-state index contributed by atoms with van der Waals surface area (Å²) in [5, 5.41) is 36.2. The molecule has 0 aliphatic carbocycles. The lowest BCUT2D eigenvalue weighted by atomic mass is 10.1. The first-order valence-electron chi connectivity index (χ1n) is 17.7. The Morgan fingerprint density at radius 3 is 1.46 bits per heavy atom. The van der Waals surface area contributed by atoms with Gasteiger partial charge in [0.05, 0.1) is 33.1 Å². The number of nitro benzene ring substituents is 1. The summed E-state index contributed by atoms with van der Waals surface area (Å²) >= 11 is 0. The van der Waals surface area contributed by atoms with Crippen LogP contribution in [0.1, 0.15) is 0 Å². The number of nitrogens with two attached hydrogens (primary N) is 7. The molecule has 6 aromatic rings. The number of phenolic OH excluding ortho intramolecular Hbond substituents is 2. The van der Waals surface area contributed by atoms with E-state index in [0.717, 1.165) is 42.5 Å². The number of fused-ring (bicyclic) bond motifs is 2. The molecule has 0 aromatic heterocycles. The molecule has 0 amide bonds. The van der Waals surface area contributed by atoms with Crippen LogP contribution >= 0.6 is 0 Å². The largest absolute Gasteiger partial charge is 0.505 e. The molecule has 386 valence electrons. The molecule has 0 atom stereocenters. The van der Waals surface area contributed by atoms with Gasteiger partial charge in [-0.05, 0) is 67.7 Å². The zero-order chi connectivity index (χ0) is 54.9. The average molecular weight is 1120 g/mol. The molecule has 22 N–H and O–H groups in total. The lowest BCUT2D eigenvalue weighted by Gasteiger charge is -2.14. The maximum Gasteiger partial charge on any atom is 0.297 e. The molecule has 0 radical (unpaired) electrons. The predicted octanol–water partition coefficient (Wildman–Crippen LogP) is 1.65. The number of phenols is 2. The van der Waals surface area contributed by atoms with Crippen molar-refractivity contribution in [3.8, 4) is 11.5 Å². The molecule has 38 heteroatoms. The number of azo groups is 1. The Hall–Kier alpha value is -7.34. The van der Waals surface area contributed by atoms with Crippen LogP contribution in [0.5, 0.6) is 11.5 Å². The summed E-state index contributed by atoms with van der Waals surface area (Å²) in [5.41, 5.74) is 33.3. The van der Waals surface area contributed by atoms with Gasteiger partial charge in [-0.1, -0.05) is 0 Å². The number of hydrogen-bond acceptors (Lipinski definition) is 25. The highest BCUT2D eigenvalue weighted by Crippen LogP contribution is 2.46. The van der Waals surface area contributed by atoms with Gasteiger partial charge in [-0.2, -0.15) is 50.5 Å². The first-order chi connectivity index (χ1) is 32.2. The Morgan fingerprint density at radius 2 is 0.986 bits per heavy atom. The molecular weight excluding hydrogens is 1080 g/mol. The maximum absolute atomic E-state index is 11.9. The van der Waals surface area contributed by atoms with E-state index < -0.39 is 146 Å². The molecule has 32 nitrogen and oxygen atoms in total. The molecule has 0 heterocycles. The van der Waals surface area contributed by atoms with Gasteiger partial charge in [-0.3, -0.25) is 37.4 Å². The van der Waals surface area contributed by atoms with Crippen molar-refractivity contribution in [2.24, 2.45) is 16.0 Å². The van der Waals surface area contributed by atoms with Crippen LogP contribution in [0, 0.1) is 10.1 Å². The van der Waals surface area contributed by atoms with E-state index in [1.165, 1.54) is 13.1 Å². The van der Waals surface area contributed by atoms with Gasteiger partial charge in [-0.15, -0.1) is 10.2 Å². The monoisotopic (exact) mass is 1120 g/mol. The van der Waals surface area contributed by atoms with Crippen LogP contribution in [0.3, 0.4) is 0 Å². The van der Waals surface area contributed by atoms with Gasteiger partial charge >= 0.3 is 0 Å². The minimum absolute atomic E-state index is 0.0657. The van der Waals surface area contributed by atoms with Crippen molar-refractivity contribution in [1.82, 2.24) is 0 Å². The summed E-state index contributed by atoms with van der Waals surface area (Å²) in [5.74, 6) is -1.89. The van der Waals surface area contributed by atoms with Gasteiger partial charge in [0.25, 0.3) is 66.4 Å². The molecule has 0 bridgehead atoms. The Bertz CT molecular complexity index is 3910. The van der Waals surface area contributed by atoms with E-state index in [0.29, 0.717) is 18.2 Å². The maximum atomic E-state index is 11.9. The van der Waals surface area contributed by atoms with E-state index in [2.05, 4.69) is 16.0 Å². The third kappa shape index (κ3) is 13.1. The summed E-state index contributed by atoms with van der Waals surface area (Å²) in [6.07, 6.45) is 0. The second-order valence-corrected chi connectivity index (χ2v) is 21.7. The van der Waals surface area contributed by atoms with Crippen molar-refractivity contribution in [3.63, 3.8) is 0 Å². The van der Waals surface area contributed by atoms with Crippen LogP contribution in [0.15, 0.2) is 106 Å². The highest BCUT2D eigenvalue weighted by molar-refractivity contribution is 7.87. The molecular formula is C33H36N10O22S6. The van der Waals surface area contributed by atoms with E-state index in [1.807, 2.05) is 0 Å². The van der Waals surface area contributed by atoms with Crippen molar-refractivity contribution in [1.29, 1.82) is 0 Å². The molecule has 0 fully saturated rings. The lowest BCUT2D eigenvalue weighted by molar-refractivity contribution is -0.384. The molecule has 0 saturated heterocycles. The number of nitrogen functional groups attached to an aromatic ring is 6. The number of nitrogens with zero attached hydrogens (tertiary/aromatic N) is 3. The van der Waals surface area contributed by atoms with Gasteiger partial charge in [0.15, 0.2) is 5.75 Å². The topological polar surface area (TPSA) is 617 Å². The predicted molar refractivity (Wildman–Crippen MR) is 250 cm³/mol. The van der Waals surface area contributed by atoms with Crippen molar-refractivity contribution in [2.45, 2.75) is 29.4 Å². The van der Waals surface area contributed by atoms with E-state index >= 15 is 0 Å². The van der Waals surface area contributed by atoms with Crippen molar-refractivity contribution < 1.29 is 93.0 Å². The summed E-state index contributed by atoms with van der Waals surface area (Å²) in [4.78, 5) is 4.36. The minimum atomic E-state index is -5.19. The third-order valence-electron chi connectivity index (χ3n) is 8.76. The van der Waals surface area contributed by atoms with Gasteiger partial charge in [0.1, 0.15) is 52.2 Å². The van der Waals surface area contributed by atoms with Crippen molar-refractivity contribution in [3.05, 3.63) is 76.8 Å². The van der Waals surface area contributed by atoms with Gasteiger partial charge < -0.3 is 50.3 Å². The number of hydrogen-bond donors (Lipinski definition) is 15. The Kier molecular flexibility index (Phi) is 16.8. The molecule has 6 rings (SSSR count). The summed E-state index contributed by atoms with van der Waals surface area (Å²) < 4.78 is 192. The first-order valence-corrected chi connectivity index (χ1v) is 26.3. The Labute approximate surface area is 399 Å². The Balaban J connectivity index is 0.000000301. The fourth-order valence-electron chi connectivity index (χ4n) is 5.75. The van der Waals surface area contributed by atoms with Crippen molar-refractivity contribution in [2.75, 3.05) is 41.4 Å². The lowest BCUT2D eigenvalue weighted by Crippen LogP contribution is -2.08. The van der Waals surface area contributed by atoms with Crippen LogP contribution in [0.25, 0.3) is 21.5 Å². The zero-order valence-electron chi connectivity index (χ0n) is 35.0. The smallest absolute Gasteiger partial charge is 0.297 e. The molecule has 0 aliphatic rings. The van der Waals surface area contributed by atoms with Crippen LogP contribution in [-0.2, 0) is 60.7 Å². The average Bonchev–Trinajstić information content (AvgIpc) is 3.21. The molecule has 0 aliphatic heterocycles. The Morgan fingerprint density at radius 1 is 0.479 bits per heavy atom. The van der Waals surface area contributed by atoms with Crippen LogP contribution in [0.2, 0.25) is 0 Å². The zero-order valence-corrected chi connectivity index (χ0v) is 39.9. The van der Waals surface area contributed by atoms with Crippen LogP contribution in [-0.4, -0.2) is 100 Å². The number of rotatable bonds is 9. The second-order valence-electron chi connectivity index (χ2n) is 13.3. The summed E-state index contributed by atoms with van der Waals surface area (Å²) in [6.45, 7) is 0. The SMILES string of the molecule is CN.Nc1cc(S(=O)(=O)O)c2cc(S(=O)(=O)O)c(N)c(O)c2c1N.Nc1ccc(N=Nc2c(S(=O)(=O)O)cc3c(S(=O)(=O)O)c(N)ccc3c2O)c(S(=O)(=O)O)c1.Nc1ccc(S(=O)(=O)O)cc1[N+](=O)[O-]. The highest BCUT2D eigenvalue weighted by Gasteiger charge is 2.29. The number of benzene rings is 6. The van der Waals surface area contributed by atoms with Crippen molar-refractivity contribution >= 4 is 133 Å². The number of aromatic hydroxyl groups is 2. The van der Waals surface area contributed by atoms with E-state index in [4.69, 9.17) is 43.5 Å². The minimum Gasteiger partial charge on any atom is -0.505 e.